The largest absolute Gasteiger partial charge is 0.353 e. The van der Waals surface area contributed by atoms with Crippen LogP contribution in [0, 0.1) is 0 Å². The monoisotopic (exact) mass is 146 g/mol. The summed E-state index contributed by atoms with van der Waals surface area (Å²) in [7, 11) is -1.85. The lowest BCUT2D eigenvalue weighted by molar-refractivity contribution is 0.436. The Morgan fingerprint density at radius 3 is 1.67 bits per heavy atom. The second-order valence-corrected chi connectivity index (χ2v) is 2.18. The highest BCUT2D eigenvalue weighted by Gasteiger charge is 1.97. The van der Waals surface area contributed by atoms with E-state index in [0.29, 0.717) is 0 Å². The van der Waals surface area contributed by atoms with Crippen molar-refractivity contribution in [3.8, 4) is 0 Å². The predicted octanol–water partition coefficient (Wildman–Crippen LogP) is 0.928. The molecule has 0 radical (unpaired) electrons. The smallest absolute Gasteiger partial charge is 0.327 e. The highest BCUT2D eigenvalue weighted by Crippen LogP contribution is 2.34. The van der Waals surface area contributed by atoms with Gasteiger partial charge in [-0.1, -0.05) is 0 Å². The highest BCUT2D eigenvalue weighted by atomic mass is 32.1. The van der Waals surface area contributed by atoms with Gasteiger partial charge in [-0.15, -0.1) is 0 Å². The predicted molar refractivity (Wildman–Crippen MR) is 29.3 cm³/mol. The number of thiol groups is 2. The lowest BCUT2D eigenvalue weighted by atomic mass is 15.8. The van der Waals surface area contributed by atoms with Crippen LogP contribution in [-0.4, -0.2) is 4.89 Å². The van der Waals surface area contributed by atoms with Gasteiger partial charge in [0, 0.05) is 0 Å². The molecule has 0 rings (SSSR count). The molecule has 0 bridgehead atoms. The molecule has 0 amide bonds. The van der Waals surface area contributed by atoms with Crippen LogP contribution in [0.4, 0.5) is 0 Å². The molecule has 0 aliphatic rings. The van der Waals surface area contributed by atoms with Crippen LogP contribution in [0.1, 0.15) is 0 Å². The van der Waals surface area contributed by atoms with Crippen molar-refractivity contribution < 1.29 is 12.8 Å². The van der Waals surface area contributed by atoms with E-state index >= 15 is 0 Å². The average Bonchev–Trinajstić information content (AvgIpc) is 1.65. The van der Waals surface area contributed by atoms with Crippen molar-refractivity contribution in [1.82, 2.24) is 0 Å². The third-order valence-electron chi connectivity index (χ3n) is 0.140. The van der Waals surface area contributed by atoms with E-state index < -0.39 is 8.60 Å². The fraction of sp³-hybridized carbons (Fsp3) is 0. The van der Waals surface area contributed by atoms with Crippen LogP contribution in [0.3, 0.4) is 0 Å². The van der Waals surface area contributed by atoms with Gasteiger partial charge in [0.25, 0.3) is 0 Å². The van der Waals surface area contributed by atoms with Crippen LogP contribution in [-0.2, 0) is 7.94 Å². The molecule has 0 spiro atoms. The molecular formula is H3O3PS2. The van der Waals surface area contributed by atoms with E-state index in [2.05, 4.69) is 33.8 Å². The van der Waals surface area contributed by atoms with E-state index in [9.17, 15) is 0 Å². The first kappa shape index (κ1) is 7.01. The van der Waals surface area contributed by atoms with Crippen LogP contribution >= 0.6 is 34.4 Å². The molecule has 0 unspecified atom stereocenters. The molecule has 0 aromatic rings. The zero-order chi connectivity index (χ0) is 4.99. The molecule has 0 aromatic heterocycles. The maximum absolute atomic E-state index is 8.13. The summed E-state index contributed by atoms with van der Waals surface area (Å²) in [5, 5.41) is 0. The molecule has 1 N–H and O–H groups in total. The number of hydrogen-bond donors (Lipinski definition) is 3. The topological polar surface area (TPSA) is 38.7 Å². The Labute approximate surface area is 47.9 Å². The second kappa shape index (κ2) is 4.18. The molecule has 0 saturated carbocycles. The minimum Gasteiger partial charge on any atom is -0.327 e. The van der Waals surface area contributed by atoms with Crippen LogP contribution in [0.5, 0.6) is 0 Å². The maximum Gasteiger partial charge on any atom is 0.353 e. The van der Waals surface area contributed by atoms with E-state index in [4.69, 9.17) is 4.89 Å². The van der Waals surface area contributed by atoms with Gasteiger partial charge in [0.2, 0.25) is 0 Å². The Morgan fingerprint density at radius 2 is 1.67 bits per heavy atom. The minimum atomic E-state index is -1.85. The van der Waals surface area contributed by atoms with E-state index in [-0.39, 0.29) is 0 Å². The van der Waals surface area contributed by atoms with E-state index in [1.807, 2.05) is 0 Å². The summed E-state index contributed by atoms with van der Waals surface area (Å²) in [6.45, 7) is 0. The van der Waals surface area contributed by atoms with Gasteiger partial charge in [-0.25, -0.2) is 7.94 Å². The van der Waals surface area contributed by atoms with Gasteiger partial charge in [0.15, 0.2) is 0 Å². The zero-order valence-electron chi connectivity index (χ0n) is 2.61. The quantitative estimate of drug-likeness (QED) is 0.308. The summed E-state index contributed by atoms with van der Waals surface area (Å²) in [6.07, 6.45) is 0. The van der Waals surface area contributed by atoms with Crippen LogP contribution in [0.2, 0.25) is 0 Å². The van der Waals surface area contributed by atoms with Gasteiger partial charge in [0.1, 0.15) is 0 Å². The Morgan fingerprint density at radius 1 is 1.33 bits per heavy atom. The van der Waals surface area contributed by atoms with Crippen LogP contribution in [0.25, 0.3) is 0 Å². The third-order valence-corrected chi connectivity index (χ3v) is 1.26. The maximum atomic E-state index is 8.13. The first-order chi connectivity index (χ1) is 2.81. The first-order valence-electron chi connectivity index (χ1n) is 0.930. The van der Waals surface area contributed by atoms with Gasteiger partial charge in [-0.3, -0.25) is 0 Å². The van der Waals surface area contributed by atoms with Crippen molar-refractivity contribution in [1.29, 1.82) is 0 Å². The van der Waals surface area contributed by atoms with Crippen molar-refractivity contribution in [3.05, 3.63) is 0 Å². The molecule has 6 heavy (non-hydrogen) atoms. The van der Waals surface area contributed by atoms with Crippen molar-refractivity contribution >= 4 is 34.4 Å². The zero-order valence-corrected chi connectivity index (χ0v) is 5.29. The van der Waals surface area contributed by atoms with Gasteiger partial charge < -0.3 is 4.89 Å². The molecule has 6 heteroatoms. The summed E-state index contributed by atoms with van der Waals surface area (Å²) < 4.78 is 7.83. The van der Waals surface area contributed by atoms with Crippen molar-refractivity contribution in [3.63, 3.8) is 0 Å². The molecule has 0 atom stereocenters. The first-order valence-corrected chi connectivity index (χ1v) is 2.79. The third kappa shape index (κ3) is 3.21. The SMILES string of the molecule is OP(OS)OS. The fourth-order valence-corrected chi connectivity index (χ4v) is 0.402. The molecular weight excluding hydrogens is 143 g/mol. The van der Waals surface area contributed by atoms with E-state index in [1.54, 1.807) is 0 Å². The summed E-state index contributed by atoms with van der Waals surface area (Å²) in [5.74, 6) is 0. The molecule has 0 fully saturated rings. The second-order valence-electron chi connectivity index (χ2n) is 0.401. The van der Waals surface area contributed by atoms with Crippen molar-refractivity contribution in [2.45, 2.75) is 0 Å². The molecule has 0 aliphatic carbocycles. The Kier molecular flexibility index (Phi) is 4.88. The molecule has 38 valence electrons. The molecule has 3 nitrogen and oxygen atoms in total. The van der Waals surface area contributed by atoms with E-state index in [1.165, 1.54) is 0 Å². The van der Waals surface area contributed by atoms with Crippen LogP contribution < -0.4 is 0 Å². The van der Waals surface area contributed by atoms with Crippen molar-refractivity contribution in [2.75, 3.05) is 0 Å². The summed E-state index contributed by atoms with van der Waals surface area (Å²) in [4.78, 5) is 8.13. The van der Waals surface area contributed by atoms with Gasteiger partial charge in [0.05, 0.1) is 0 Å². The normalized spacial score (nSPS) is 10.0. The lowest BCUT2D eigenvalue weighted by Crippen LogP contribution is -1.64. The highest BCUT2D eigenvalue weighted by molar-refractivity contribution is 7.83. The lowest BCUT2D eigenvalue weighted by Gasteiger charge is -1.95. The number of rotatable bonds is 2. The Hall–Kier alpha value is 1.01. The molecule has 0 aromatic carbocycles. The molecule has 0 heterocycles. The summed E-state index contributed by atoms with van der Waals surface area (Å²) in [5.41, 5.74) is 0. The Bertz CT molecular complexity index is 28.0. The average molecular weight is 146 g/mol. The van der Waals surface area contributed by atoms with Gasteiger partial charge in [-0.05, 0) is 25.8 Å². The molecule has 0 saturated heterocycles. The molecule has 0 aliphatic heterocycles. The van der Waals surface area contributed by atoms with Gasteiger partial charge in [-0.2, -0.15) is 0 Å². The standard InChI is InChI=1S/H3O3PS2/c1-4(2-5)3-6/h1,5-6H. The van der Waals surface area contributed by atoms with Crippen LogP contribution in [0.15, 0.2) is 0 Å². The number of hydrogen-bond acceptors (Lipinski definition) is 5. The fourth-order valence-electron chi connectivity index (χ4n) is 0.0149. The van der Waals surface area contributed by atoms with Gasteiger partial charge >= 0.3 is 8.60 Å². The summed E-state index contributed by atoms with van der Waals surface area (Å²) >= 11 is 6.40. The van der Waals surface area contributed by atoms with E-state index in [0.717, 1.165) is 0 Å². The van der Waals surface area contributed by atoms with Crippen molar-refractivity contribution in [2.24, 2.45) is 0 Å². The summed E-state index contributed by atoms with van der Waals surface area (Å²) in [6, 6.07) is 0. The Balaban J connectivity index is 2.75. The minimum absolute atomic E-state index is 1.85.